The average Bonchev–Trinajstić information content (AvgIpc) is 2.78. The van der Waals surface area contributed by atoms with E-state index in [-0.39, 0.29) is 0 Å². The van der Waals surface area contributed by atoms with Crippen molar-refractivity contribution in [2.45, 2.75) is 20.0 Å². The predicted molar refractivity (Wildman–Crippen MR) is 55.3 cm³/mol. The van der Waals surface area contributed by atoms with Gasteiger partial charge in [0, 0.05) is 25.9 Å². The summed E-state index contributed by atoms with van der Waals surface area (Å²) in [6.45, 7) is 3.32. The quantitative estimate of drug-likeness (QED) is 0.809. The minimum absolute atomic E-state index is 0.604. The molecule has 15 heavy (non-hydrogen) atoms. The summed E-state index contributed by atoms with van der Waals surface area (Å²) in [6, 6.07) is 2.07. The van der Waals surface area contributed by atoms with Crippen molar-refractivity contribution >= 4 is 0 Å². The number of nitrogens with zero attached hydrogens (tertiary/aromatic N) is 3. The zero-order valence-electron chi connectivity index (χ0n) is 8.90. The zero-order valence-corrected chi connectivity index (χ0v) is 8.90. The highest BCUT2D eigenvalue weighted by Crippen LogP contribution is 2.04. The Morgan fingerprint density at radius 1 is 1.53 bits per heavy atom. The largest absolute Gasteiger partial charge is 0.346 e. The van der Waals surface area contributed by atoms with Crippen LogP contribution in [0, 0.1) is 6.92 Å². The lowest BCUT2D eigenvalue weighted by atomic mass is 10.3. The smallest absolute Gasteiger partial charge is 0.223 e. The van der Waals surface area contributed by atoms with Crippen LogP contribution in [0.3, 0.4) is 0 Å². The van der Waals surface area contributed by atoms with Crippen LogP contribution in [0.25, 0.3) is 0 Å². The van der Waals surface area contributed by atoms with Crippen molar-refractivity contribution in [3.8, 4) is 0 Å². The van der Waals surface area contributed by atoms with Crippen molar-refractivity contribution in [1.29, 1.82) is 0 Å². The molecule has 80 valence electrons. The van der Waals surface area contributed by atoms with E-state index in [1.807, 2.05) is 17.8 Å². The van der Waals surface area contributed by atoms with Gasteiger partial charge in [-0.3, -0.25) is 0 Å². The summed E-state index contributed by atoms with van der Waals surface area (Å²) in [4.78, 5) is 4.15. The first kappa shape index (κ1) is 9.92. The lowest BCUT2D eigenvalue weighted by Gasteiger charge is -1.96. The van der Waals surface area contributed by atoms with Crippen molar-refractivity contribution < 1.29 is 4.52 Å². The van der Waals surface area contributed by atoms with Gasteiger partial charge in [0.25, 0.3) is 0 Å². The van der Waals surface area contributed by atoms with Gasteiger partial charge in [0.05, 0.1) is 6.54 Å². The minimum Gasteiger partial charge on any atom is -0.346 e. The van der Waals surface area contributed by atoms with Crippen LogP contribution in [0.5, 0.6) is 0 Å². The average molecular weight is 206 g/mol. The highest BCUT2D eigenvalue weighted by atomic mass is 16.5. The Bertz CT molecular complexity index is 432. The molecule has 0 bridgehead atoms. The molecular formula is C10H14N4O. The normalized spacial score (nSPS) is 10.8. The Labute approximate surface area is 88.1 Å². The first-order valence-electron chi connectivity index (χ1n) is 4.86. The van der Waals surface area contributed by atoms with E-state index >= 15 is 0 Å². The molecule has 0 aromatic carbocycles. The van der Waals surface area contributed by atoms with E-state index in [9.17, 15) is 0 Å². The first-order valence-corrected chi connectivity index (χ1v) is 4.86. The van der Waals surface area contributed by atoms with Gasteiger partial charge in [-0.15, -0.1) is 0 Å². The molecule has 0 saturated heterocycles. The Hall–Kier alpha value is -1.62. The van der Waals surface area contributed by atoms with Crippen LogP contribution in [0.2, 0.25) is 0 Å². The summed E-state index contributed by atoms with van der Waals surface area (Å²) < 4.78 is 6.94. The molecule has 0 unspecified atom stereocenters. The highest BCUT2D eigenvalue weighted by molar-refractivity contribution is 5.10. The summed E-state index contributed by atoms with van der Waals surface area (Å²) in [5, 5.41) is 6.95. The van der Waals surface area contributed by atoms with Gasteiger partial charge in [-0.2, -0.15) is 4.98 Å². The Morgan fingerprint density at radius 3 is 3.07 bits per heavy atom. The van der Waals surface area contributed by atoms with E-state index in [1.165, 1.54) is 5.56 Å². The van der Waals surface area contributed by atoms with Crippen molar-refractivity contribution in [2.24, 2.45) is 0 Å². The standard InChI is InChI=1S/C10H14N4O/c1-8-12-10(13-15-8)7-14-4-3-9(6-14)5-11-2/h3-4,6,11H,5,7H2,1-2H3. The number of hydrogen-bond acceptors (Lipinski definition) is 4. The number of nitrogens with one attached hydrogen (secondary N) is 1. The number of hydrogen-bond donors (Lipinski definition) is 1. The molecule has 1 N–H and O–H groups in total. The molecular weight excluding hydrogens is 192 g/mol. The van der Waals surface area contributed by atoms with Gasteiger partial charge in [0.15, 0.2) is 5.82 Å². The molecule has 2 aromatic heterocycles. The summed E-state index contributed by atoms with van der Waals surface area (Å²) >= 11 is 0. The number of rotatable bonds is 4. The van der Waals surface area contributed by atoms with Gasteiger partial charge < -0.3 is 14.4 Å². The maximum atomic E-state index is 4.90. The molecule has 2 aromatic rings. The second-order valence-electron chi connectivity index (χ2n) is 3.45. The van der Waals surface area contributed by atoms with Crippen LogP contribution in [-0.2, 0) is 13.1 Å². The lowest BCUT2D eigenvalue weighted by Crippen LogP contribution is -2.04. The van der Waals surface area contributed by atoms with Gasteiger partial charge in [-0.25, -0.2) is 0 Å². The summed E-state index contributed by atoms with van der Waals surface area (Å²) in [5.74, 6) is 1.31. The molecule has 0 aliphatic carbocycles. The monoisotopic (exact) mass is 206 g/mol. The maximum Gasteiger partial charge on any atom is 0.223 e. The SMILES string of the molecule is CNCc1ccn(Cc2noc(C)n2)c1. The number of aryl methyl sites for hydroxylation is 1. The maximum absolute atomic E-state index is 4.90. The van der Waals surface area contributed by atoms with E-state index in [2.05, 4.69) is 27.7 Å². The van der Waals surface area contributed by atoms with Crippen LogP contribution < -0.4 is 5.32 Å². The van der Waals surface area contributed by atoms with Crippen molar-refractivity contribution in [3.05, 3.63) is 35.7 Å². The third-order valence-corrected chi connectivity index (χ3v) is 2.09. The van der Waals surface area contributed by atoms with E-state index in [0.717, 1.165) is 6.54 Å². The second kappa shape index (κ2) is 4.27. The molecule has 2 heterocycles. The Kier molecular flexibility index (Phi) is 2.82. The van der Waals surface area contributed by atoms with Crippen molar-refractivity contribution in [3.63, 3.8) is 0 Å². The van der Waals surface area contributed by atoms with Gasteiger partial charge in [-0.1, -0.05) is 5.16 Å². The van der Waals surface area contributed by atoms with Gasteiger partial charge in [0.1, 0.15) is 0 Å². The van der Waals surface area contributed by atoms with Crippen LogP contribution in [0.15, 0.2) is 23.0 Å². The summed E-state index contributed by atoms with van der Waals surface area (Å²) in [7, 11) is 1.93. The van der Waals surface area contributed by atoms with E-state index in [4.69, 9.17) is 4.52 Å². The third kappa shape index (κ3) is 2.44. The van der Waals surface area contributed by atoms with Crippen LogP contribution >= 0.6 is 0 Å². The van der Waals surface area contributed by atoms with Gasteiger partial charge in [-0.05, 0) is 18.7 Å². The molecule has 0 amide bonds. The molecule has 0 radical (unpaired) electrons. The van der Waals surface area contributed by atoms with Gasteiger partial charge >= 0.3 is 0 Å². The number of aromatic nitrogens is 3. The van der Waals surface area contributed by atoms with Crippen molar-refractivity contribution in [1.82, 2.24) is 20.0 Å². The summed E-state index contributed by atoms with van der Waals surface area (Å²) in [6.07, 6.45) is 4.08. The predicted octanol–water partition coefficient (Wildman–Crippen LogP) is 0.947. The molecule has 0 aliphatic rings. The topological polar surface area (TPSA) is 55.9 Å². The van der Waals surface area contributed by atoms with E-state index in [0.29, 0.717) is 18.3 Å². The molecule has 0 saturated carbocycles. The van der Waals surface area contributed by atoms with Gasteiger partial charge in [0.2, 0.25) is 5.89 Å². The molecule has 5 heteroatoms. The zero-order chi connectivity index (χ0) is 10.7. The van der Waals surface area contributed by atoms with Crippen LogP contribution in [-0.4, -0.2) is 21.8 Å². The lowest BCUT2D eigenvalue weighted by molar-refractivity contribution is 0.386. The molecule has 0 aliphatic heterocycles. The summed E-state index contributed by atoms with van der Waals surface area (Å²) in [5.41, 5.74) is 1.25. The fraction of sp³-hybridized carbons (Fsp3) is 0.400. The minimum atomic E-state index is 0.604. The highest BCUT2D eigenvalue weighted by Gasteiger charge is 2.03. The molecule has 0 spiro atoms. The second-order valence-corrected chi connectivity index (χ2v) is 3.45. The molecule has 2 rings (SSSR count). The van der Waals surface area contributed by atoms with Crippen LogP contribution in [0.1, 0.15) is 17.3 Å². The first-order chi connectivity index (χ1) is 7.28. The van der Waals surface area contributed by atoms with Crippen LogP contribution in [0.4, 0.5) is 0 Å². The fourth-order valence-corrected chi connectivity index (χ4v) is 1.47. The van der Waals surface area contributed by atoms with E-state index in [1.54, 1.807) is 6.92 Å². The van der Waals surface area contributed by atoms with Crippen molar-refractivity contribution in [2.75, 3.05) is 7.05 Å². The Balaban J connectivity index is 2.04. The molecule has 0 fully saturated rings. The third-order valence-electron chi connectivity index (χ3n) is 2.09. The van der Waals surface area contributed by atoms with E-state index < -0.39 is 0 Å². The molecule has 5 nitrogen and oxygen atoms in total. The molecule has 0 atom stereocenters. The Morgan fingerprint density at radius 2 is 2.40 bits per heavy atom. The fourth-order valence-electron chi connectivity index (χ4n) is 1.47.